The number of nitrogens with zero attached hydrogens (tertiary/aromatic N) is 1. The van der Waals surface area contributed by atoms with Crippen LogP contribution in [0.15, 0.2) is 30.6 Å². The first-order chi connectivity index (χ1) is 8.58. The molecular formula is C13H14FN3O. The van der Waals surface area contributed by atoms with Crippen molar-refractivity contribution >= 4 is 5.91 Å². The molecule has 0 aliphatic heterocycles. The molecule has 0 radical (unpaired) electrons. The second-order valence-corrected chi connectivity index (χ2v) is 4.13. The maximum absolute atomic E-state index is 13.4. The highest BCUT2D eigenvalue weighted by Crippen LogP contribution is 2.11. The van der Waals surface area contributed by atoms with Crippen LogP contribution in [0, 0.1) is 12.7 Å². The van der Waals surface area contributed by atoms with Crippen LogP contribution in [0.25, 0.3) is 0 Å². The van der Waals surface area contributed by atoms with Gasteiger partial charge in [-0.05, 0) is 31.5 Å². The maximum atomic E-state index is 13.4. The molecule has 5 heteroatoms. The predicted molar refractivity (Wildman–Crippen MR) is 65.6 cm³/mol. The molecule has 1 amide bonds. The summed E-state index contributed by atoms with van der Waals surface area (Å²) in [6, 6.07) is 4.17. The van der Waals surface area contributed by atoms with E-state index in [4.69, 9.17) is 0 Å². The summed E-state index contributed by atoms with van der Waals surface area (Å²) in [5.41, 5.74) is 0.821. The topological polar surface area (TPSA) is 57.8 Å². The van der Waals surface area contributed by atoms with Gasteiger partial charge in [-0.25, -0.2) is 9.37 Å². The van der Waals surface area contributed by atoms with Gasteiger partial charge in [0.15, 0.2) is 0 Å². The van der Waals surface area contributed by atoms with Crippen LogP contribution in [0.5, 0.6) is 0 Å². The molecule has 2 rings (SSSR count). The molecule has 0 aliphatic carbocycles. The van der Waals surface area contributed by atoms with Crippen LogP contribution in [0.2, 0.25) is 0 Å². The Labute approximate surface area is 104 Å². The minimum atomic E-state index is -0.381. The van der Waals surface area contributed by atoms with Gasteiger partial charge in [0.25, 0.3) is 5.91 Å². The zero-order valence-corrected chi connectivity index (χ0v) is 10.2. The highest BCUT2D eigenvalue weighted by Gasteiger charge is 2.13. The van der Waals surface area contributed by atoms with Gasteiger partial charge in [0.1, 0.15) is 11.6 Å². The van der Waals surface area contributed by atoms with E-state index in [0.717, 1.165) is 0 Å². The lowest BCUT2D eigenvalue weighted by Gasteiger charge is -2.11. The van der Waals surface area contributed by atoms with E-state index in [0.29, 0.717) is 17.0 Å². The van der Waals surface area contributed by atoms with Crippen molar-refractivity contribution in [3.63, 3.8) is 0 Å². The smallest absolute Gasteiger partial charge is 0.251 e. The molecule has 4 nitrogen and oxygen atoms in total. The van der Waals surface area contributed by atoms with Gasteiger partial charge < -0.3 is 10.3 Å². The summed E-state index contributed by atoms with van der Waals surface area (Å²) in [5, 5.41) is 2.75. The second-order valence-electron chi connectivity index (χ2n) is 4.13. The van der Waals surface area contributed by atoms with Crippen molar-refractivity contribution in [3.8, 4) is 0 Å². The second kappa shape index (κ2) is 5.00. The molecule has 0 spiro atoms. The Morgan fingerprint density at radius 1 is 1.50 bits per heavy atom. The number of rotatable bonds is 3. The number of amides is 1. The van der Waals surface area contributed by atoms with Crippen molar-refractivity contribution in [2.45, 2.75) is 19.9 Å². The van der Waals surface area contributed by atoms with Crippen molar-refractivity contribution in [2.75, 3.05) is 0 Å². The molecule has 0 bridgehead atoms. The number of hydrogen-bond donors (Lipinski definition) is 2. The fourth-order valence-electron chi connectivity index (χ4n) is 1.60. The quantitative estimate of drug-likeness (QED) is 0.874. The van der Waals surface area contributed by atoms with Gasteiger partial charge in [0.05, 0.1) is 6.04 Å². The Morgan fingerprint density at radius 3 is 2.89 bits per heavy atom. The minimum absolute atomic E-state index is 0.253. The molecular weight excluding hydrogens is 233 g/mol. The summed E-state index contributed by atoms with van der Waals surface area (Å²) < 4.78 is 13.4. The van der Waals surface area contributed by atoms with Crippen molar-refractivity contribution in [1.29, 1.82) is 0 Å². The molecule has 0 fully saturated rings. The molecule has 1 atom stereocenters. The van der Waals surface area contributed by atoms with E-state index in [9.17, 15) is 9.18 Å². The maximum Gasteiger partial charge on any atom is 0.251 e. The number of nitrogens with one attached hydrogen (secondary N) is 2. The van der Waals surface area contributed by atoms with Gasteiger partial charge in [-0.3, -0.25) is 4.79 Å². The normalized spacial score (nSPS) is 12.2. The molecule has 1 aromatic heterocycles. The number of carbonyl (C=O) groups is 1. The van der Waals surface area contributed by atoms with Gasteiger partial charge >= 0.3 is 0 Å². The highest BCUT2D eigenvalue weighted by atomic mass is 19.1. The monoisotopic (exact) mass is 247 g/mol. The molecule has 1 heterocycles. The van der Waals surface area contributed by atoms with E-state index < -0.39 is 0 Å². The summed E-state index contributed by atoms with van der Waals surface area (Å²) >= 11 is 0. The number of H-pyrrole nitrogens is 1. The number of aromatic amines is 1. The lowest BCUT2D eigenvalue weighted by Crippen LogP contribution is -2.27. The van der Waals surface area contributed by atoms with E-state index in [1.165, 1.54) is 6.07 Å². The summed E-state index contributed by atoms with van der Waals surface area (Å²) in [5.74, 6) is -0.0398. The third kappa shape index (κ3) is 2.56. The average Bonchev–Trinajstić information content (AvgIpc) is 2.86. The molecule has 94 valence electrons. The fourth-order valence-corrected chi connectivity index (χ4v) is 1.60. The molecule has 1 unspecified atom stereocenters. The predicted octanol–water partition coefficient (Wildman–Crippen LogP) is 2.35. The van der Waals surface area contributed by atoms with Crippen molar-refractivity contribution in [3.05, 3.63) is 53.4 Å². The fraction of sp³-hybridized carbons (Fsp3) is 0.231. The van der Waals surface area contributed by atoms with E-state index in [2.05, 4.69) is 15.3 Å². The third-order valence-corrected chi connectivity index (χ3v) is 2.71. The Bertz CT molecular complexity index is 551. The number of carbonyl (C=O) groups excluding carboxylic acids is 1. The Kier molecular flexibility index (Phi) is 3.41. The van der Waals surface area contributed by atoms with Crippen LogP contribution in [0.1, 0.15) is 34.7 Å². The van der Waals surface area contributed by atoms with Gasteiger partial charge in [-0.1, -0.05) is 6.07 Å². The molecule has 0 aliphatic rings. The number of halogens is 1. The average molecular weight is 247 g/mol. The van der Waals surface area contributed by atoms with Gasteiger partial charge in [0, 0.05) is 18.0 Å². The number of benzene rings is 1. The van der Waals surface area contributed by atoms with Crippen molar-refractivity contribution < 1.29 is 9.18 Å². The van der Waals surface area contributed by atoms with Gasteiger partial charge in [0.2, 0.25) is 0 Å². The van der Waals surface area contributed by atoms with Gasteiger partial charge in [-0.2, -0.15) is 0 Å². The zero-order valence-electron chi connectivity index (χ0n) is 10.2. The van der Waals surface area contributed by atoms with Crippen molar-refractivity contribution in [2.24, 2.45) is 0 Å². The van der Waals surface area contributed by atoms with Crippen LogP contribution in [-0.4, -0.2) is 15.9 Å². The number of aromatic nitrogens is 2. The summed E-state index contributed by atoms with van der Waals surface area (Å²) in [6.07, 6.45) is 3.30. The molecule has 1 aromatic carbocycles. The summed E-state index contributed by atoms with van der Waals surface area (Å²) in [4.78, 5) is 18.9. The van der Waals surface area contributed by atoms with E-state index in [1.54, 1.807) is 38.4 Å². The molecule has 2 aromatic rings. The Hall–Kier alpha value is -2.17. The summed E-state index contributed by atoms with van der Waals surface area (Å²) in [6.45, 7) is 3.46. The first-order valence-electron chi connectivity index (χ1n) is 5.64. The van der Waals surface area contributed by atoms with Crippen LogP contribution in [0.4, 0.5) is 4.39 Å². The van der Waals surface area contributed by atoms with E-state index in [1.807, 2.05) is 0 Å². The lowest BCUT2D eigenvalue weighted by atomic mass is 10.1. The van der Waals surface area contributed by atoms with E-state index >= 15 is 0 Å². The van der Waals surface area contributed by atoms with Crippen LogP contribution in [0.3, 0.4) is 0 Å². The van der Waals surface area contributed by atoms with Crippen LogP contribution in [-0.2, 0) is 0 Å². The third-order valence-electron chi connectivity index (χ3n) is 2.71. The first-order valence-corrected chi connectivity index (χ1v) is 5.64. The van der Waals surface area contributed by atoms with E-state index in [-0.39, 0.29) is 17.8 Å². The van der Waals surface area contributed by atoms with Crippen molar-refractivity contribution in [1.82, 2.24) is 15.3 Å². The number of aryl methyl sites for hydroxylation is 1. The molecule has 2 N–H and O–H groups in total. The SMILES string of the molecule is Cc1ccc(C(=O)NC(C)c2ncc[nH]2)cc1F. The van der Waals surface area contributed by atoms with Crippen LogP contribution < -0.4 is 5.32 Å². The minimum Gasteiger partial charge on any atom is -0.347 e. The Morgan fingerprint density at radius 2 is 2.28 bits per heavy atom. The highest BCUT2D eigenvalue weighted by molar-refractivity contribution is 5.94. The summed E-state index contributed by atoms with van der Waals surface area (Å²) in [7, 11) is 0. The van der Waals surface area contributed by atoms with Gasteiger partial charge in [-0.15, -0.1) is 0 Å². The lowest BCUT2D eigenvalue weighted by molar-refractivity contribution is 0.0938. The molecule has 18 heavy (non-hydrogen) atoms. The number of hydrogen-bond acceptors (Lipinski definition) is 2. The standard InChI is InChI=1S/C13H14FN3O/c1-8-3-4-10(7-11(8)14)13(18)17-9(2)12-15-5-6-16-12/h3-7,9H,1-2H3,(H,15,16)(H,17,18). The Balaban J connectivity index is 2.10. The molecule has 0 saturated heterocycles. The first kappa shape index (κ1) is 12.3. The largest absolute Gasteiger partial charge is 0.347 e. The van der Waals surface area contributed by atoms with Crippen LogP contribution >= 0.6 is 0 Å². The zero-order chi connectivity index (χ0) is 13.1. The number of imidazole rings is 1. The molecule has 0 saturated carbocycles.